The second-order valence-electron chi connectivity index (χ2n) is 3.66. The van der Waals surface area contributed by atoms with E-state index in [9.17, 15) is 9.59 Å². The van der Waals surface area contributed by atoms with Crippen molar-refractivity contribution in [1.82, 2.24) is 0 Å². The minimum absolute atomic E-state index is 0.00443. The number of benzene rings is 1. The summed E-state index contributed by atoms with van der Waals surface area (Å²) in [6.45, 7) is -0.00443. The molecule has 0 bridgehead atoms. The lowest BCUT2D eigenvalue weighted by Gasteiger charge is -2.18. The second kappa shape index (κ2) is 4.07. The van der Waals surface area contributed by atoms with Crippen molar-refractivity contribution in [2.45, 2.75) is 6.42 Å². The fourth-order valence-electron chi connectivity index (χ4n) is 1.73. The molecule has 0 spiro atoms. The third-order valence-corrected chi connectivity index (χ3v) is 2.87. The highest BCUT2D eigenvalue weighted by molar-refractivity contribution is 6.32. The lowest BCUT2D eigenvalue weighted by atomic mass is 10.1. The standard InChI is InChI=1S/C11H8ClN3O2/c12-8-1-2-9(11(14)7(8)4-13)15-5-6(16)3-10(15)17/h1-2H,3,5,14H2. The van der Waals surface area contributed by atoms with E-state index in [0.29, 0.717) is 5.69 Å². The van der Waals surface area contributed by atoms with Gasteiger partial charge >= 0.3 is 0 Å². The van der Waals surface area contributed by atoms with Crippen LogP contribution in [-0.2, 0) is 9.59 Å². The summed E-state index contributed by atoms with van der Waals surface area (Å²) >= 11 is 5.80. The van der Waals surface area contributed by atoms with Crippen molar-refractivity contribution < 1.29 is 9.59 Å². The summed E-state index contributed by atoms with van der Waals surface area (Å²) in [5.41, 5.74) is 6.38. The normalized spacial score (nSPS) is 15.2. The quantitative estimate of drug-likeness (QED) is 0.596. The fourth-order valence-corrected chi connectivity index (χ4v) is 1.94. The summed E-state index contributed by atoms with van der Waals surface area (Å²) in [6, 6.07) is 4.90. The smallest absolute Gasteiger partial charge is 0.234 e. The van der Waals surface area contributed by atoms with Gasteiger partial charge in [-0.3, -0.25) is 9.59 Å². The van der Waals surface area contributed by atoms with E-state index in [1.54, 1.807) is 0 Å². The molecule has 0 unspecified atom stereocenters. The van der Waals surface area contributed by atoms with Crippen molar-refractivity contribution in [2.24, 2.45) is 0 Å². The Morgan fingerprint density at radius 3 is 2.65 bits per heavy atom. The molecule has 0 saturated carbocycles. The van der Waals surface area contributed by atoms with Gasteiger partial charge in [-0.25, -0.2) is 0 Å². The number of halogens is 1. The fraction of sp³-hybridized carbons (Fsp3) is 0.182. The first-order valence-corrected chi connectivity index (χ1v) is 5.22. The molecule has 0 aromatic heterocycles. The number of anilines is 2. The molecule has 1 aromatic rings. The van der Waals surface area contributed by atoms with E-state index in [-0.39, 0.29) is 40.9 Å². The molecule has 1 aliphatic rings. The molecule has 1 saturated heterocycles. The Labute approximate surface area is 102 Å². The number of carbonyl (C=O) groups is 2. The molecule has 1 aromatic carbocycles. The van der Waals surface area contributed by atoms with Gasteiger partial charge in [0.05, 0.1) is 34.9 Å². The molecule has 1 fully saturated rings. The number of nitrogen functional groups attached to an aromatic ring is 1. The van der Waals surface area contributed by atoms with E-state index in [0.717, 1.165) is 0 Å². The maximum atomic E-state index is 11.6. The number of carbonyl (C=O) groups excluding carboxylic acids is 2. The Morgan fingerprint density at radius 2 is 2.12 bits per heavy atom. The van der Waals surface area contributed by atoms with Crippen LogP contribution in [0.2, 0.25) is 5.02 Å². The van der Waals surface area contributed by atoms with Gasteiger partial charge in [-0.2, -0.15) is 5.26 Å². The van der Waals surface area contributed by atoms with E-state index >= 15 is 0 Å². The van der Waals surface area contributed by atoms with Crippen molar-refractivity contribution >= 4 is 34.7 Å². The van der Waals surface area contributed by atoms with Crippen molar-refractivity contribution in [3.8, 4) is 6.07 Å². The van der Waals surface area contributed by atoms with Crippen molar-refractivity contribution in [2.75, 3.05) is 17.2 Å². The predicted octanol–water partition coefficient (Wildman–Crippen LogP) is 1.10. The number of hydrogen-bond donors (Lipinski definition) is 1. The lowest BCUT2D eigenvalue weighted by Crippen LogP contribution is -2.25. The zero-order valence-corrected chi connectivity index (χ0v) is 9.49. The first-order valence-electron chi connectivity index (χ1n) is 4.84. The predicted molar refractivity (Wildman–Crippen MR) is 62.6 cm³/mol. The Morgan fingerprint density at radius 1 is 1.41 bits per heavy atom. The first kappa shape index (κ1) is 11.4. The summed E-state index contributed by atoms with van der Waals surface area (Å²) in [7, 11) is 0. The molecule has 0 atom stereocenters. The molecule has 2 N–H and O–H groups in total. The van der Waals surface area contributed by atoms with Crippen LogP contribution in [0.25, 0.3) is 0 Å². The first-order chi connectivity index (χ1) is 8.04. The number of amides is 1. The highest BCUT2D eigenvalue weighted by Crippen LogP contribution is 2.33. The number of nitriles is 1. The third kappa shape index (κ3) is 1.83. The maximum Gasteiger partial charge on any atom is 0.234 e. The van der Waals surface area contributed by atoms with Crippen molar-refractivity contribution in [3.63, 3.8) is 0 Å². The second-order valence-corrected chi connectivity index (χ2v) is 4.07. The lowest BCUT2D eigenvalue weighted by molar-refractivity contribution is -0.121. The summed E-state index contributed by atoms with van der Waals surface area (Å²) < 4.78 is 0. The number of ketones is 1. The maximum absolute atomic E-state index is 11.6. The van der Waals surface area contributed by atoms with Gasteiger partial charge in [-0.05, 0) is 12.1 Å². The number of rotatable bonds is 1. The summed E-state index contributed by atoms with van der Waals surface area (Å²) in [6.07, 6.45) is -0.121. The van der Waals surface area contributed by atoms with Gasteiger partial charge in [0.15, 0.2) is 5.78 Å². The van der Waals surface area contributed by atoms with Gasteiger partial charge in [-0.1, -0.05) is 11.6 Å². The average molecular weight is 250 g/mol. The molecular weight excluding hydrogens is 242 g/mol. The van der Waals surface area contributed by atoms with E-state index < -0.39 is 0 Å². The number of Topliss-reactive ketones (excluding diaryl/α,β-unsaturated/α-hetero) is 1. The Bertz CT molecular complexity index is 563. The van der Waals surface area contributed by atoms with E-state index in [4.69, 9.17) is 22.6 Å². The monoisotopic (exact) mass is 249 g/mol. The Balaban J connectivity index is 2.51. The van der Waals surface area contributed by atoms with E-state index in [2.05, 4.69) is 0 Å². The van der Waals surface area contributed by atoms with Gasteiger partial charge in [0, 0.05) is 0 Å². The molecule has 0 aliphatic carbocycles. The summed E-state index contributed by atoms with van der Waals surface area (Å²) in [5, 5.41) is 9.13. The molecular formula is C11H8ClN3O2. The van der Waals surface area contributed by atoms with Gasteiger partial charge in [0.25, 0.3) is 0 Å². The molecule has 1 amide bonds. The van der Waals surface area contributed by atoms with Crippen LogP contribution in [0.15, 0.2) is 12.1 Å². The zero-order valence-electron chi connectivity index (χ0n) is 8.74. The van der Waals surface area contributed by atoms with E-state index in [1.165, 1.54) is 17.0 Å². The zero-order chi connectivity index (χ0) is 12.6. The highest BCUT2D eigenvalue weighted by atomic mass is 35.5. The number of hydrogen-bond acceptors (Lipinski definition) is 4. The van der Waals surface area contributed by atoms with Gasteiger partial charge in [0.2, 0.25) is 5.91 Å². The molecule has 1 heterocycles. The molecule has 17 heavy (non-hydrogen) atoms. The average Bonchev–Trinajstić information content (AvgIpc) is 2.59. The summed E-state index contributed by atoms with van der Waals surface area (Å²) in [5.74, 6) is -0.476. The van der Waals surface area contributed by atoms with Crippen LogP contribution < -0.4 is 10.6 Å². The largest absolute Gasteiger partial charge is 0.396 e. The highest BCUT2D eigenvalue weighted by Gasteiger charge is 2.30. The number of nitrogens with two attached hydrogens (primary N) is 1. The van der Waals surface area contributed by atoms with Gasteiger partial charge in [-0.15, -0.1) is 0 Å². The molecule has 1 aliphatic heterocycles. The Kier molecular flexibility index (Phi) is 2.74. The molecule has 2 rings (SSSR count). The van der Waals surface area contributed by atoms with Crippen LogP contribution in [0.5, 0.6) is 0 Å². The van der Waals surface area contributed by atoms with Gasteiger partial charge < -0.3 is 10.6 Å². The molecule has 86 valence electrons. The topological polar surface area (TPSA) is 87.2 Å². The Hall–Kier alpha value is -2.06. The SMILES string of the molecule is N#Cc1c(Cl)ccc(N2CC(=O)CC2=O)c1N. The van der Waals surface area contributed by atoms with Crippen LogP contribution in [0.1, 0.15) is 12.0 Å². The van der Waals surface area contributed by atoms with Crippen LogP contribution in [0, 0.1) is 11.3 Å². The summed E-state index contributed by atoms with van der Waals surface area (Å²) in [4.78, 5) is 24.0. The molecule has 6 heteroatoms. The third-order valence-electron chi connectivity index (χ3n) is 2.56. The van der Waals surface area contributed by atoms with Crippen LogP contribution >= 0.6 is 11.6 Å². The van der Waals surface area contributed by atoms with Crippen molar-refractivity contribution in [3.05, 3.63) is 22.7 Å². The van der Waals surface area contributed by atoms with Crippen LogP contribution in [0.4, 0.5) is 11.4 Å². The minimum atomic E-state index is -0.312. The number of nitrogens with zero attached hydrogens (tertiary/aromatic N) is 2. The minimum Gasteiger partial charge on any atom is -0.396 e. The molecule has 0 radical (unpaired) electrons. The molecule has 5 nitrogen and oxygen atoms in total. The van der Waals surface area contributed by atoms with Crippen LogP contribution in [0.3, 0.4) is 0 Å². The van der Waals surface area contributed by atoms with Gasteiger partial charge in [0.1, 0.15) is 6.07 Å². The van der Waals surface area contributed by atoms with Crippen molar-refractivity contribution in [1.29, 1.82) is 5.26 Å². The van der Waals surface area contributed by atoms with Crippen LogP contribution in [-0.4, -0.2) is 18.2 Å². The van der Waals surface area contributed by atoms with E-state index in [1.807, 2.05) is 6.07 Å².